The molecule has 0 amide bonds. The molecule has 0 aromatic carbocycles. The third-order valence-corrected chi connectivity index (χ3v) is 5.69. The average Bonchev–Trinajstić information content (AvgIpc) is 2.89. The maximum Gasteiger partial charge on any atom is 0.0558 e. The van der Waals surface area contributed by atoms with Gasteiger partial charge in [0.25, 0.3) is 0 Å². The van der Waals surface area contributed by atoms with E-state index in [9.17, 15) is 5.11 Å². The molecule has 1 N–H and O–H groups in total. The molecule has 0 bridgehead atoms. The summed E-state index contributed by atoms with van der Waals surface area (Å²) in [5.74, 6) is 1.02. The number of aliphatic hydroxyl groups is 1. The highest BCUT2D eigenvalue weighted by atomic mass is 32.1. The standard InChI is InChI=1S/C15H29NOS/c17-11-10-16(14-6-2-1-3-7-14)12-15(13-18)8-4-5-9-15/h14,17-18H,1-13H2. The molecule has 0 radical (unpaired) electrons. The van der Waals surface area contributed by atoms with E-state index < -0.39 is 0 Å². The van der Waals surface area contributed by atoms with Crippen LogP contribution in [0.15, 0.2) is 0 Å². The van der Waals surface area contributed by atoms with Gasteiger partial charge < -0.3 is 5.11 Å². The number of aliphatic hydroxyl groups excluding tert-OH is 1. The normalized spacial score (nSPS) is 24.8. The summed E-state index contributed by atoms with van der Waals surface area (Å²) in [6.07, 6.45) is 12.3. The second kappa shape index (κ2) is 7.16. The average molecular weight is 271 g/mol. The van der Waals surface area contributed by atoms with Crippen molar-refractivity contribution >= 4 is 12.6 Å². The Morgan fingerprint density at radius 3 is 2.28 bits per heavy atom. The lowest BCUT2D eigenvalue weighted by molar-refractivity contribution is 0.0805. The Balaban J connectivity index is 1.95. The van der Waals surface area contributed by atoms with Crippen molar-refractivity contribution in [2.45, 2.75) is 63.8 Å². The number of rotatable bonds is 6. The van der Waals surface area contributed by atoms with E-state index in [-0.39, 0.29) is 0 Å². The third kappa shape index (κ3) is 3.64. The van der Waals surface area contributed by atoms with E-state index in [4.69, 9.17) is 0 Å². The minimum Gasteiger partial charge on any atom is -0.395 e. The highest BCUT2D eigenvalue weighted by Crippen LogP contribution is 2.40. The summed E-state index contributed by atoms with van der Waals surface area (Å²) in [6, 6.07) is 0.725. The van der Waals surface area contributed by atoms with Gasteiger partial charge in [0, 0.05) is 19.1 Å². The Kier molecular flexibility index (Phi) is 5.84. The molecule has 0 aromatic heterocycles. The maximum absolute atomic E-state index is 9.34. The molecule has 2 aliphatic carbocycles. The highest BCUT2D eigenvalue weighted by molar-refractivity contribution is 7.80. The minimum atomic E-state index is 0.305. The van der Waals surface area contributed by atoms with Crippen LogP contribution in [0.5, 0.6) is 0 Å². The lowest BCUT2D eigenvalue weighted by Gasteiger charge is -2.40. The largest absolute Gasteiger partial charge is 0.395 e. The number of hydrogen-bond acceptors (Lipinski definition) is 3. The summed E-state index contributed by atoms with van der Waals surface area (Å²) >= 11 is 4.62. The molecule has 2 saturated carbocycles. The molecule has 2 rings (SSSR count). The van der Waals surface area contributed by atoms with Crippen LogP contribution in [0.4, 0.5) is 0 Å². The molecular weight excluding hydrogens is 242 g/mol. The van der Waals surface area contributed by atoms with Crippen LogP contribution in [-0.2, 0) is 0 Å². The van der Waals surface area contributed by atoms with Gasteiger partial charge in [-0.05, 0) is 36.9 Å². The summed E-state index contributed by atoms with van der Waals surface area (Å²) < 4.78 is 0. The summed E-state index contributed by atoms with van der Waals surface area (Å²) in [5, 5.41) is 9.34. The smallest absolute Gasteiger partial charge is 0.0558 e. The monoisotopic (exact) mass is 271 g/mol. The van der Waals surface area contributed by atoms with Crippen LogP contribution < -0.4 is 0 Å². The number of thiol groups is 1. The van der Waals surface area contributed by atoms with Crippen LogP contribution in [0.3, 0.4) is 0 Å². The lowest BCUT2D eigenvalue weighted by Crippen LogP contribution is -2.45. The van der Waals surface area contributed by atoms with Gasteiger partial charge in [-0.2, -0.15) is 12.6 Å². The van der Waals surface area contributed by atoms with Gasteiger partial charge in [0.1, 0.15) is 0 Å². The van der Waals surface area contributed by atoms with Gasteiger partial charge in [0.2, 0.25) is 0 Å². The molecule has 0 spiro atoms. The Labute approximate surface area is 118 Å². The van der Waals surface area contributed by atoms with Gasteiger partial charge >= 0.3 is 0 Å². The first-order valence-electron chi connectivity index (χ1n) is 7.75. The molecule has 0 aromatic rings. The molecular formula is C15H29NOS. The number of nitrogens with zero attached hydrogens (tertiary/aromatic N) is 1. The summed E-state index contributed by atoms with van der Waals surface area (Å²) in [4.78, 5) is 2.58. The Hall–Kier alpha value is 0.270. The fraction of sp³-hybridized carbons (Fsp3) is 1.00. The van der Waals surface area contributed by atoms with Crippen LogP contribution in [0.1, 0.15) is 57.8 Å². The van der Waals surface area contributed by atoms with E-state index in [0.29, 0.717) is 12.0 Å². The van der Waals surface area contributed by atoms with Crippen LogP contribution in [-0.4, -0.2) is 41.5 Å². The van der Waals surface area contributed by atoms with Crippen LogP contribution in [0, 0.1) is 5.41 Å². The zero-order valence-corrected chi connectivity index (χ0v) is 12.5. The molecule has 106 valence electrons. The van der Waals surface area contributed by atoms with Crippen molar-refractivity contribution in [1.29, 1.82) is 0 Å². The molecule has 0 atom stereocenters. The fourth-order valence-corrected chi connectivity index (χ4v) is 4.30. The third-order valence-electron chi connectivity index (χ3n) is 5.02. The SMILES string of the molecule is OCCN(CC1(CS)CCCC1)C1CCCCC1. The molecule has 18 heavy (non-hydrogen) atoms. The second-order valence-electron chi connectivity index (χ2n) is 6.35. The van der Waals surface area contributed by atoms with Crippen molar-refractivity contribution in [3.05, 3.63) is 0 Å². The van der Waals surface area contributed by atoms with Crippen molar-refractivity contribution < 1.29 is 5.11 Å². The van der Waals surface area contributed by atoms with E-state index in [2.05, 4.69) is 17.5 Å². The Bertz CT molecular complexity index is 235. The van der Waals surface area contributed by atoms with Crippen molar-refractivity contribution in [1.82, 2.24) is 4.90 Å². The highest BCUT2D eigenvalue weighted by Gasteiger charge is 2.36. The van der Waals surface area contributed by atoms with E-state index in [1.165, 1.54) is 64.3 Å². The zero-order valence-electron chi connectivity index (χ0n) is 11.6. The second-order valence-corrected chi connectivity index (χ2v) is 6.67. The predicted octanol–water partition coefficient (Wildman–Crippen LogP) is 3.10. The first-order valence-corrected chi connectivity index (χ1v) is 8.39. The molecule has 0 aliphatic heterocycles. The maximum atomic E-state index is 9.34. The van der Waals surface area contributed by atoms with Crippen molar-refractivity contribution in [3.63, 3.8) is 0 Å². The molecule has 3 heteroatoms. The van der Waals surface area contributed by atoms with E-state index >= 15 is 0 Å². The van der Waals surface area contributed by atoms with Crippen LogP contribution in [0.25, 0.3) is 0 Å². The first-order chi connectivity index (χ1) is 8.79. The molecule has 0 unspecified atom stereocenters. The summed E-state index contributed by atoms with van der Waals surface area (Å²) in [6.45, 7) is 2.33. The zero-order chi connectivity index (χ0) is 12.8. The molecule has 0 heterocycles. The molecule has 2 aliphatic rings. The van der Waals surface area contributed by atoms with Gasteiger partial charge in [-0.15, -0.1) is 0 Å². The van der Waals surface area contributed by atoms with E-state index in [1.807, 2.05) is 0 Å². The van der Waals surface area contributed by atoms with Crippen LogP contribution >= 0.6 is 12.6 Å². The van der Waals surface area contributed by atoms with E-state index in [0.717, 1.165) is 18.3 Å². The first kappa shape index (κ1) is 14.7. The van der Waals surface area contributed by atoms with Crippen molar-refractivity contribution in [2.75, 3.05) is 25.4 Å². The van der Waals surface area contributed by atoms with Crippen LogP contribution in [0.2, 0.25) is 0 Å². The molecule has 2 fully saturated rings. The lowest BCUT2D eigenvalue weighted by atomic mass is 9.85. The minimum absolute atomic E-state index is 0.305. The molecule has 2 nitrogen and oxygen atoms in total. The van der Waals surface area contributed by atoms with Gasteiger partial charge in [-0.1, -0.05) is 32.1 Å². The summed E-state index contributed by atoms with van der Waals surface area (Å²) in [5.41, 5.74) is 0.440. The fourth-order valence-electron chi connectivity index (χ4n) is 3.89. The van der Waals surface area contributed by atoms with Gasteiger partial charge in [-0.3, -0.25) is 4.90 Å². The van der Waals surface area contributed by atoms with Gasteiger partial charge in [-0.25, -0.2) is 0 Å². The Morgan fingerprint density at radius 2 is 1.72 bits per heavy atom. The van der Waals surface area contributed by atoms with E-state index in [1.54, 1.807) is 0 Å². The van der Waals surface area contributed by atoms with Gasteiger partial charge in [0.15, 0.2) is 0 Å². The summed E-state index contributed by atoms with van der Waals surface area (Å²) in [7, 11) is 0. The quantitative estimate of drug-likeness (QED) is 0.725. The van der Waals surface area contributed by atoms with Crippen molar-refractivity contribution in [3.8, 4) is 0 Å². The van der Waals surface area contributed by atoms with Crippen molar-refractivity contribution in [2.24, 2.45) is 5.41 Å². The number of hydrogen-bond donors (Lipinski definition) is 2. The molecule has 0 saturated heterocycles. The predicted molar refractivity (Wildman–Crippen MR) is 80.3 cm³/mol. The Morgan fingerprint density at radius 1 is 1.06 bits per heavy atom. The topological polar surface area (TPSA) is 23.5 Å². The van der Waals surface area contributed by atoms with Gasteiger partial charge in [0.05, 0.1) is 6.61 Å².